The monoisotopic (exact) mass is 749 g/mol. The molecule has 0 saturated carbocycles. The molecule has 0 unspecified atom stereocenters. The number of aliphatic hydroxyl groups excluding tert-OH is 1. The fourth-order valence-corrected chi connectivity index (χ4v) is 8.31. The molecular weight excluding hydrogens is 695 g/mol. The summed E-state index contributed by atoms with van der Waals surface area (Å²) in [6.07, 6.45) is 4.35. The van der Waals surface area contributed by atoms with E-state index in [-0.39, 0.29) is 36.2 Å². The lowest BCUT2D eigenvalue weighted by atomic mass is 10.0. The van der Waals surface area contributed by atoms with Crippen molar-refractivity contribution in [2.75, 3.05) is 63.4 Å². The van der Waals surface area contributed by atoms with Crippen molar-refractivity contribution in [3.63, 3.8) is 0 Å². The van der Waals surface area contributed by atoms with Crippen LogP contribution in [0.3, 0.4) is 0 Å². The van der Waals surface area contributed by atoms with Crippen molar-refractivity contribution in [2.45, 2.75) is 70.1 Å². The summed E-state index contributed by atoms with van der Waals surface area (Å²) in [5.41, 5.74) is 3.46. The van der Waals surface area contributed by atoms with Crippen LogP contribution in [0.4, 0.5) is 10.5 Å². The molecule has 5 rings (SSSR count). The zero-order valence-corrected chi connectivity index (χ0v) is 31.4. The molecule has 0 spiro atoms. The van der Waals surface area contributed by atoms with Crippen molar-refractivity contribution in [2.24, 2.45) is 0 Å². The van der Waals surface area contributed by atoms with Crippen molar-refractivity contribution in [3.05, 3.63) is 84.4 Å². The topological polar surface area (TPSA) is 152 Å². The van der Waals surface area contributed by atoms with Crippen molar-refractivity contribution in [3.8, 4) is 16.9 Å². The number of phenols is 1. The Morgan fingerprint density at radius 2 is 1.47 bits per heavy atom. The number of para-hydroxylation sites is 1. The zero-order chi connectivity index (χ0) is 37.5. The normalized spacial score (nSPS) is 16.4. The predicted molar refractivity (Wildman–Crippen MR) is 207 cm³/mol. The summed E-state index contributed by atoms with van der Waals surface area (Å²) in [7, 11) is -3.54. The number of nitrogens with one attached hydrogen (secondary N) is 2. The maximum Gasteiger partial charge on any atom is 0.411 e. The molecule has 3 aromatic carbocycles. The summed E-state index contributed by atoms with van der Waals surface area (Å²) in [5.74, 6) is 0.138. The van der Waals surface area contributed by atoms with Crippen LogP contribution in [0.15, 0.2) is 78.9 Å². The van der Waals surface area contributed by atoms with E-state index >= 15 is 0 Å². The second kappa shape index (κ2) is 20.4. The molecule has 13 heteroatoms. The number of carbonyl (C=O) groups is 2. The van der Waals surface area contributed by atoms with Crippen LogP contribution in [0.25, 0.3) is 11.1 Å². The number of nitrogens with zero attached hydrogens (tertiary/aromatic N) is 3. The minimum Gasteiger partial charge on any atom is -0.508 e. The van der Waals surface area contributed by atoms with Crippen molar-refractivity contribution < 1.29 is 33.0 Å². The van der Waals surface area contributed by atoms with E-state index < -0.39 is 16.1 Å². The second-order valence-electron chi connectivity index (χ2n) is 14.0. The van der Waals surface area contributed by atoms with Crippen LogP contribution in [0, 0.1) is 0 Å². The van der Waals surface area contributed by atoms with Gasteiger partial charge in [-0.15, -0.1) is 0 Å². The number of aromatic hydroxyl groups is 1. The van der Waals surface area contributed by atoms with Gasteiger partial charge in [0.25, 0.3) is 0 Å². The lowest BCUT2D eigenvalue weighted by Crippen LogP contribution is -2.41. The first-order chi connectivity index (χ1) is 25.6. The Morgan fingerprint density at radius 1 is 0.811 bits per heavy atom. The molecule has 2 aliphatic heterocycles. The lowest BCUT2D eigenvalue weighted by molar-refractivity contribution is -0.121. The highest BCUT2D eigenvalue weighted by Gasteiger charge is 2.26. The molecule has 288 valence electrons. The van der Waals surface area contributed by atoms with E-state index in [1.807, 2.05) is 54.6 Å². The molecule has 0 aliphatic carbocycles. The number of likely N-dealkylation sites (tertiary alicyclic amines) is 2. The molecule has 0 atom stereocenters. The van der Waals surface area contributed by atoms with E-state index in [2.05, 4.69) is 20.4 Å². The van der Waals surface area contributed by atoms with Gasteiger partial charge in [-0.25, -0.2) is 13.2 Å². The zero-order valence-electron chi connectivity index (χ0n) is 30.6. The number of carbonyl (C=O) groups excluding carboxylic acids is 2. The Kier molecular flexibility index (Phi) is 15.5. The molecule has 2 aliphatic rings. The number of amides is 2. The largest absolute Gasteiger partial charge is 0.508 e. The Morgan fingerprint density at radius 3 is 2.21 bits per heavy atom. The van der Waals surface area contributed by atoms with Gasteiger partial charge in [-0.1, -0.05) is 67.1 Å². The Hall–Kier alpha value is -4.01. The number of hydrogen-bond donors (Lipinski definition) is 4. The van der Waals surface area contributed by atoms with Gasteiger partial charge in [-0.3, -0.25) is 10.1 Å². The summed E-state index contributed by atoms with van der Waals surface area (Å²) >= 11 is 0. The first kappa shape index (κ1) is 40.2. The second-order valence-corrected chi connectivity index (χ2v) is 16.1. The number of benzene rings is 3. The van der Waals surface area contributed by atoms with Crippen LogP contribution in [-0.4, -0.2) is 115 Å². The Balaban J connectivity index is 0.957. The van der Waals surface area contributed by atoms with E-state index in [1.165, 1.54) is 4.31 Å². The average Bonchev–Trinajstić information content (AvgIpc) is 3.16. The molecule has 0 bridgehead atoms. The highest BCUT2D eigenvalue weighted by Crippen LogP contribution is 2.28. The van der Waals surface area contributed by atoms with Gasteiger partial charge in [0.15, 0.2) is 0 Å². The summed E-state index contributed by atoms with van der Waals surface area (Å²) in [5, 5.41) is 25.3. The molecule has 3 aromatic rings. The van der Waals surface area contributed by atoms with Gasteiger partial charge in [0, 0.05) is 70.9 Å². The third-order valence-electron chi connectivity index (χ3n) is 10.0. The quantitative estimate of drug-likeness (QED) is 0.131. The van der Waals surface area contributed by atoms with Crippen molar-refractivity contribution in [1.29, 1.82) is 0 Å². The number of unbranched alkanes of at least 4 members (excludes halogenated alkanes) is 2. The molecule has 2 saturated heterocycles. The van der Waals surface area contributed by atoms with E-state index in [4.69, 9.17) is 4.74 Å². The van der Waals surface area contributed by atoms with E-state index in [0.717, 1.165) is 42.6 Å². The minimum atomic E-state index is -3.54. The number of ether oxygens (including phenoxy) is 1. The van der Waals surface area contributed by atoms with Crippen LogP contribution >= 0.6 is 0 Å². The maximum atomic E-state index is 13.4. The highest BCUT2D eigenvalue weighted by atomic mass is 32.2. The van der Waals surface area contributed by atoms with E-state index in [1.54, 1.807) is 24.3 Å². The number of piperidine rings is 2. The fourth-order valence-electron chi connectivity index (χ4n) is 6.81. The fraction of sp³-hybridized carbons (Fsp3) is 0.500. The van der Waals surface area contributed by atoms with Gasteiger partial charge < -0.3 is 30.1 Å². The third-order valence-corrected chi connectivity index (χ3v) is 11.8. The number of anilines is 1. The molecule has 12 nitrogen and oxygen atoms in total. The number of hydrogen-bond acceptors (Lipinski definition) is 9. The van der Waals surface area contributed by atoms with Gasteiger partial charge in [0.05, 0.1) is 17.5 Å². The Bertz CT molecular complexity index is 1680. The molecule has 0 aromatic heterocycles. The third kappa shape index (κ3) is 13.4. The van der Waals surface area contributed by atoms with Crippen molar-refractivity contribution in [1.82, 2.24) is 19.4 Å². The smallest absolute Gasteiger partial charge is 0.411 e. The first-order valence-corrected chi connectivity index (χ1v) is 20.5. The summed E-state index contributed by atoms with van der Waals surface area (Å²) in [6, 6.07) is 24.2. The number of aliphatic hydroxyl groups is 1. The van der Waals surface area contributed by atoms with Crippen LogP contribution in [-0.2, 0) is 26.1 Å². The SMILES string of the molecule is O=C(CCN1CCC(OC(=O)Nc2ccccc2-c2ccccc2)CC1)NCCCCCN(Cc1ccc(O)cc1)S(=O)(=O)CCN1CCC(O)CC1. The summed E-state index contributed by atoms with van der Waals surface area (Å²) < 4.78 is 34.1. The molecule has 0 radical (unpaired) electrons. The van der Waals surface area contributed by atoms with Crippen LogP contribution < -0.4 is 10.6 Å². The summed E-state index contributed by atoms with van der Waals surface area (Å²) in [4.78, 5) is 29.6. The number of sulfonamides is 1. The van der Waals surface area contributed by atoms with Crippen LogP contribution in [0.1, 0.15) is 56.9 Å². The highest BCUT2D eigenvalue weighted by molar-refractivity contribution is 7.89. The summed E-state index contributed by atoms with van der Waals surface area (Å²) in [6.45, 7) is 5.09. The molecule has 2 heterocycles. The molecule has 4 N–H and O–H groups in total. The average molecular weight is 750 g/mol. The van der Waals surface area contributed by atoms with Crippen molar-refractivity contribution >= 4 is 27.7 Å². The van der Waals surface area contributed by atoms with E-state index in [0.29, 0.717) is 83.5 Å². The number of phenolic OH excluding ortho intramolecular Hbond substituents is 1. The maximum absolute atomic E-state index is 13.4. The lowest BCUT2D eigenvalue weighted by Gasteiger charge is -2.31. The van der Waals surface area contributed by atoms with Gasteiger partial charge in [-0.2, -0.15) is 4.31 Å². The van der Waals surface area contributed by atoms with Crippen LogP contribution in [0.5, 0.6) is 5.75 Å². The first-order valence-electron chi connectivity index (χ1n) is 18.9. The molecule has 2 amide bonds. The molecule has 53 heavy (non-hydrogen) atoms. The van der Waals surface area contributed by atoms with E-state index in [9.17, 15) is 28.2 Å². The van der Waals surface area contributed by atoms with Gasteiger partial charge in [0.1, 0.15) is 11.9 Å². The number of rotatable bonds is 18. The Labute approximate surface area is 314 Å². The van der Waals surface area contributed by atoms with Gasteiger partial charge >= 0.3 is 6.09 Å². The van der Waals surface area contributed by atoms with Gasteiger partial charge in [-0.05, 0) is 67.9 Å². The van der Waals surface area contributed by atoms with Crippen LogP contribution in [0.2, 0.25) is 0 Å². The van der Waals surface area contributed by atoms with Gasteiger partial charge in [0.2, 0.25) is 15.9 Å². The predicted octanol–water partition coefficient (Wildman–Crippen LogP) is 5.04. The molecular formula is C40H55N5O7S. The minimum absolute atomic E-state index is 0.0124. The molecule has 2 fully saturated rings. The standard InChI is InChI=1S/C40H55N5O7S/c46-34-15-13-32(14-16-34)31-45(53(50,51)30-29-44-24-17-35(47)18-25-44)23-8-2-7-22-41-39(48)21-28-43-26-19-36(20-27-43)52-40(49)42-38-12-6-5-11-37(38)33-9-3-1-4-10-33/h1,3-6,9-16,35-36,46-47H,2,7-8,17-31H2,(H,41,48)(H,42,49).